The Morgan fingerprint density at radius 1 is 1.32 bits per heavy atom. The van der Waals surface area contributed by atoms with Gasteiger partial charge >= 0.3 is 0 Å². The zero-order valence-corrected chi connectivity index (χ0v) is 10.3. The lowest BCUT2D eigenvalue weighted by molar-refractivity contribution is 0.340. The molecule has 9 heteroatoms. The molecule has 0 saturated heterocycles. The van der Waals surface area contributed by atoms with Gasteiger partial charge in [-0.25, -0.2) is 5.43 Å². The molecule has 1 heterocycles. The number of phenols is 1. The van der Waals surface area contributed by atoms with E-state index in [1.54, 1.807) is 12.1 Å². The van der Waals surface area contributed by atoms with Crippen LogP contribution in [0.3, 0.4) is 0 Å². The Bertz CT molecular complexity index is 544. The molecule has 0 amide bonds. The summed E-state index contributed by atoms with van der Waals surface area (Å²) >= 11 is 0. The summed E-state index contributed by atoms with van der Waals surface area (Å²) in [7, 11) is 2.90. The van der Waals surface area contributed by atoms with E-state index in [9.17, 15) is 5.11 Å². The fraction of sp³-hybridized carbons (Fsp3) is 0.200. The number of nitrogens with one attached hydrogen (secondary N) is 2. The highest BCUT2D eigenvalue weighted by molar-refractivity contribution is 5.82. The Balaban J connectivity index is 2.17. The second kappa shape index (κ2) is 5.67. The van der Waals surface area contributed by atoms with E-state index in [1.165, 1.54) is 20.4 Å². The van der Waals surface area contributed by atoms with E-state index < -0.39 is 0 Å². The highest BCUT2D eigenvalue weighted by atomic mass is 16.5. The monoisotopic (exact) mass is 264 g/mol. The van der Waals surface area contributed by atoms with Crippen LogP contribution in [0.5, 0.6) is 17.2 Å². The number of nitrogens with zero attached hydrogens (tertiary/aromatic N) is 4. The first-order valence-electron chi connectivity index (χ1n) is 5.22. The number of phenolic OH excluding ortho intramolecular Hbond substituents is 1. The summed E-state index contributed by atoms with van der Waals surface area (Å²) in [5, 5.41) is 26.6. The van der Waals surface area contributed by atoms with E-state index in [4.69, 9.17) is 9.47 Å². The van der Waals surface area contributed by atoms with Crippen LogP contribution in [0.15, 0.2) is 17.2 Å². The lowest BCUT2D eigenvalue weighted by atomic mass is 10.2. The fourth-order valence-corrected chi connectivity index (χ4v) is 1.36. The molecule has 0 unspecified atom stereocenters. The maximum Gasteiger partial charge on any atom is 0.283 e. The first kappa shape index (κ1) is 12.6. The number of aromatic hydroxyl groups is 1. The van der Waals surface area contributed by atoms with Gasteiger partial charge in [0.1, 0.15) is 0 Å². The predicted molar refractivity (Wildman–Crippen MR) is 66.6 cm³/mol. The van der Waals surface area contributed by atoms with Gasteiger partial charge in [0, 0.05) is 5.56 Å². The average Bonchev–Trinajstić information content (AvgIpc) is 2.93. The Morgan fingerprint density at radius 3 is 2.53 bits per heavy atom. The normalized spacial score (nSPS) is 10.6. The molecule has 2 aromatic rings. The van der Waals surface area contributed by atoms with Crippen molar-refractivity contribution in [2.24, 2.45) is 5.10 Å². The second-order valence-electron chi connectivity index (χ2n) is 3.38. The maximum absolute atomic E-state index is 9.75. The molecule has 2 rings (SSSR count). The molecule has 1 aromatic carbocycles. The largest absolute Gasteiger partial charge is 0.502 e. The van der Waals surface area contributed by atoms with Crippen molar-refractivity contribution < 1.29 is 14.6 Å². The minimum Gasteiger partial charge on any atom is -0.502 e. The van der Waals surface area contributed by atoms with Gasteiger partial charge in [-0.1, -0.05) is 5.10 Å². The van der Waals surface area contributed by atoms with Crippen LogP contribution >= 0.6 is 0 Å². The van der Waals surface area contributed by atoms with E-state index in [-0.39, 0.29) is 11.7 Å². The predicted octanol–water partition coefficient (Wildman–Crippen LogP) is 0.368. The molecular formula is C10H12N6O3. The summed E-state index contributed by atoms with van der Waals surface area (Å²) < 4.78 is 10.1. The van der Waals surface area contributed by atoms with Crippen molar-refractivity contribution in [2.75, 3.05) is 19.6 Å². The number of methoxy groups -OCH3 is 2. The highest BCUT2D eigenvalue weighted by Gasteiger charge is 2.10. The van der Waals surface area contributed by atoms with Gasteiger partial charge in [0.2, 0.25) is 5.75 Å². The molecular weight excluding hydrogens is 252 g/mol. The molecule has 9 nitrogen and oxygen atoms in total. The lowest BCUT2D eigenvalue weighted by Gasteiger charge is -2.09. The average molecular weight is 264 g/mol. The number of ether oxygens (including phenoxy) is 2. The number of benzene rings is 1. The van der Waals surface area contributed by atoms with E-state index in [1.807, 2.05) is 0 Å². The molecule has 100 valence electrons. The number of aromatic amines is 1. The topological polar surface area (TPSA) is 118 Å². The third kappa shape index (κ3) is 2.89. The van der Waals surface area contributed by atoms with Crippen molar-refractivity contribution in [1.82, 2.24) is 20.6 Å². The molecule has 0 aliphatic rings. The van der Waals surface area contributed by atoms with Gasteiger partial charge in [-0.05, 0) is 17.3 Å². The lowest BCUT2D eigenvalue weighted by Crippen LogP contribution is -1.95. The number of aromatic nitrogens is 4. The molecule has 0 radical (unpaired) electrons. The van der Waals surface area contributed by atoms with Gasteiger partial charge in [-0.2, -0.15) is 10.3 Å². The van der Waals surface area contributed by atoms with Crippen LogP contribution in [0.2, 0.25) is 0 Å². The third-order valence-electron chi connectivity index (χ3n) is 2.23. The SMILES string of the molecule is COc1cc(C=NNc2nn[nH]n2)cc(OC)c1O. The molecule has 0 spiro atoms. The summed E-state index contributed by atoms with van der Waals surface area (Å²) in [6, 6.07) is 3.22. The molecule has 0 aliphatic carbocycles. The highest BCUT2D eigenvalue weighted by Crippen LogP contribution is 2.36. The van der Waals surface area contributed by atoms with Crippen LogP contribution < -0.4 is 14.9 Å². The van der Waals surface area contributed by atoms with Crippen LogP contribution in [-0.2, 0) is 0 Å². The standard InChI is InChI=1S/C10H12N6O3/c1-18-7-3-6(4-8(19-2)9(7)17)5-11-12-10-13-15-16-14-10/h3-5,17H,1-2H3,(H2,12,13,14,15,16). The quantitative estimate of drug-likeness (QED) is 0.527. The molecule has 1 aromatic heterocycles. The number of tetrazole rings is 1. The number of rotatable bonds is 5. The maximum atomic E-state index is 9.75. The number of H-pyrrole nitrogens is 1. The van der Waals surface area contributed by atoms with Gasteiger partial charge in [-0.15, -0.1) is 5.10 Å². The first-order valence-corrected chi connectivity index (χ1v) is 5.22. The number of hydrogen-bond donors (Lipinski definition) is 3. The van der Waals surface area contributed by atoms with Crippen LogP contribution in [0, 0.1) is 0 Å². The van der Waals surface area contributed by atoms with Crippen LogP contribution in [0.1, 0.15) is 5.56 Å². The summed E-state index contributed by atoms with van der Waals surface area (Å²) in [4.78, 5) is 0. The Kier molecular flexibility index (Phi) is 3.76. The summed E-state index contributed by atoms with van der Waals surface area (Å²) in [5.41, 5.74) is 3.24. The molecule has 19 heavy (non-hydrogen) atoms. The van der Waals surface area contributed by atoms with Gasteiger partial charge in [0.15, 0.2) is 11.5 Å². The van der Waals surface area contributed by atoms with E-state index in [0.717, 1.165) is 0 Å². The Hall–Kier alpha value is -2.84. The van der Waals surface area contributed by atoms with Crippen molar-refractivity contribution >= 4 is 12.2 Å². The Labute approximate surface area is 108 Å². The molecule has 0 saturated carbocycles. The molecule has 0 fully saturated rings. The summed E-state index contributed by atoms with van der Waals surface area (Å²) in [6.07, 6.45) is 1.50. The fourth-order valence-electron chi connectivity index (χ4n) is 1.36. The molecule has 3 N–H and O–H groups in total. The summed E-state index contributed by atoms with van der Waals surface area (Å²) in [6.45, 7) is 0. The van der Waals surface area contributed by atoms with Crippen LogP contribution in [0.25, 0.3) is 0 Å². The zero-order valence-electron chi connectivity index (χ0n) is 10.3. The molecule has 0 aliphatic heterocycles. The van der Waals surface area contributed by atoms with Crippen molar-refractivity contribution in [1.29, 1.82) is 0 Å². The number of hydrazone groups is 1. The molecule has 0 atom stereocenters. The number of hydrogen-bond acceptors (Lipinski definition) is 8. The van der Waals surface area contributed by atoms with Crippen molar-refractivity contribution in [3.63, 3.8) is 0 Å². The first-order chi connectivity index (χ1) is 9.24. The van der Waals surface area contributed by atoms with Crippen molar-refractivity contribution in [3.8, 4) is 17.2 Å². The van der Waals surface area contributed by atoms with Gasteiger partial charge in [0.25, 0.3) is 5.95 Å². The second-order valence-corrected chi connectivity index (χ2v) is 3.38. The van der Waals surface area contributed by atoms with Crippen LogP contribution in [0.4, 0.5) is 5.95 Å². The van der Waals surface area contributed by atoms with Gasteiger partial charge in [0.05, 0.1) is 20.4 Å². The minimum absolute atomic E-state index is 0.0618. The number of anilines is 1. The van der Waals surface area contributed by atoms with E-state index in [0.29, 0.717) is 17.1 Å². The third-order valence-corrected chi connectivity index (χ3v) is 2.23. The van der Waals surface area contributed by atoms with E-state index >= 15 is 0 Å². The van der Waals surface area contributed by atoms with Crippen molar-refractivity contribution in [2.45, 2.75) is 0 Å². The van der Waals surface area contributed by atoms with Crippen molar-refractivity contribution in [3.05, 3.63) is 17.7 Å². The molecule has 0 bridgehead atoms. The van der Waals surface area contributed by atoms with E-state index in [2.05, 4.69) is 31.2 Å². The van der Waals surface area contributed by atoms with Crippen LogP contribution in [-0.4, -0.2) is 46.2 Å². The van der Waals surface area contributed by atoms with Gasteiger partial charge in [-0.3, -0.25) is 0 Å². The zero-order chi connectivity index (χ0) is 13.7. The smallest absolute Gasteiger partial charge is 0.283 e. The summed E-state index contributed by atoms with van der Waals surface area (Å²) in [5.74, 6) is 0.767. The van der Waals surface area contributed by atoms with Gasteiger partial charge < -0.3 is 14.6 Å². The minimum atomic E-state index is -0.0618. The Morgan fingerprint density at radius 2 is 2.00 bits per heavy atom.